The average molecular weight is 447 g/mol. The Balaban J connectivity index is 2.01. The van der Waals surface area contributed by atoms with Crippen molar-refractivity contribution in [3.8, 4) is 0 Å². The van der Waals surface area contributed by atoms with E-state index in [0.29, 0.717) is 0 Å². The summed E-state index contributed by atoms with van der Waals surface area (Å²) in [5.41, 5.74) is 0.844. The number of benzene rings is 1. The molecular weight excluding hydrogens is 412 g/mol. The van der Waals surface area contributed by atoms with E-state index in [1.807, 2.05) is 44.2 Å². The zero-order valence-electron chi connectivity index (χ0n) is 19.6. The highest BCUT2D eigenvalue weighted by Gasteiger charge is 2.49. The van der Waals surface area contributed by atoms with Crippen molar-refractivity contribution in [2.75, 3.05) is 0 Å². The van der Waals surface area contributed by atoms with Gasteiger partial charge in [-0.2, -0.15) is 0 Å². The number of cyclic esters (lactones) is 1. The van der Waals surface area contributed by atoms with E-state index in [9.17, 15) is 19.2 Å². The summed E-state index contributed by atoms with van der Waals surface area (Å²) < 4.78 is 10.4. The van der Waals surface area contributed by atoms with Crippen LogP contribution in [0.1, 0.15) is 47.1 Å². The van der Waals surface area contributed by atoms with Crippen LogP contribution in [0.5, 0.6) is 0 Å². The molecule has 1 aromatic carbocycles. The minimum absolute atomic E-state index is 0.0527. The van der Waals surface area contributed by atoms with Crippen molar-refractivity contribution in [3.05, 3.63) is 35.9 Å². The maximum atomic E-state index is 13.0. The molecule has 1 aromatic rings. The molecule has 2 N–H and O–H groups in total. The number of ether oxygens (including phenoxy) is 2. The van der Waals surface area contributed by atoms with Gasteiger partial charge in [0.25, 0.3) is 5.91 Å². The second-order valence-corrected chi connectivity index (χ2v) is 9.18. The van der Waals surface area contributed by atoms with Crippen LogP contribution < -0.4 is 10.6 Å². The predicted molar refractivity (Wildman–Crippen MR) is 118 cm³/mol. The Morgan fingerprint density at radius 1 is 0.938 bits per heavy atom. The Bertz CT molecular complexity index is 821. The first-order chi connectivity index (χ1) is 15.0. The van der Waals surface area contributed by atoms with Crippen LogP contribution >= 0.6 is 0 Å². The Morgan fingerprint density at radius 3 is 2.03 bits per heavy atom. The van der Waals surface area contributed by atoms with E-state index < -0.39 is 47.9 Å². The average Bonchev–Trinajstić information content (AvgIpc) is 2.71. The Labute approximate surface area is 189 Å². The van der Waals surface area contributed by atoms with Gasteiger partial charge >= 0.3 is 11.9 Å². The third-order valence-electron chi connectivity index (χ3n) is 5.51. The molecule has 0 saturated carbocycles. The Morgan fingerprint density at radius 2 is 1.53 bits per heavy atom. The summed E-state index contributed by atoms with van der Waals surface area (Å²) in [6, 6.07) is 7.51. The lowest BCUT2D eigenvalue weighted by molar-refractivity contribution is -0.193. The van der Waals surface area contributed by atoms with Gasteiger partial charge in [-0.3, -0.25) is 14.4 Å². The van der Waals surface area contributed by atoms with Crippen LogP contribution in [0.15, 0.2) is 30.3 Å². The molecule has 0 spiro atoms. The topological polar surface area (TPSA) is 111 Å². The minimum atomic E-state index is -0.909. The van der Waals surface area contributed by atoms with Crippen LogP contribution in [0.25, 0.3) is 0 Å². The Kier molecular flexibility index (Phi) is 8.80. The molecule has 8 heteroatoms. The van der Waals surface area contributed by atoms with Crippen LogP contribution in [-0.2, 0) is 35.3 Å². The van der Waals surface area contributed by atoms with Crippen molar-refractivity contribution in [2.24, 2.45) is 23.7 Å². The zero-order valence-corrected chi connectivity index (χ0v) is 19.6. The van der Waals surface area contributed by atoms with Crippen molar-refractivity contribution in [2.45, 2.75) is 66.3 Å². The predicted octanol–water partition coefficient (Wildman–Crippen LogP) is 2.21. The standard InChI is InChI=1S/C24H34N2O6/c1-13(2)17-20(32-23(17)29)22(28)25-18(14(3)4)21(27)26-19(15(5)6)24(30)31-12-16-10-8-7-9-11-16/h7-11,13-15,17-20H,12H2,1-6H3,(H,25,28)(H,26,27). The second kappa shape index (κ2) is 11.1. The molecule has 1 saturated heterocycles. The molecule has 1 aliphatic heterocycles. The number of hydrogen-bond donors (Lipinski definition) is 2. The normalized spacial score (nSPS) is 19.7. The molecule has 1 fully saturated rings. The fourth-order valence-electron chi connectivity index (χ4n) is 3.50. The van der Waals surface area contributed by atoms with E-state index in [0.717, 1.165) is 5.56 Å². The maximum absolute atomic E-state index is 13.0. The molecule has 32 heavy (non-hydrogen) atoms. The van der Waals surface area contributed by atoms with Crippen molar-refractivity contribution in [1.29, 1.82) is 0 Å². The van der Waals surface area contributed by atoms with Gasteiger partial charge in [0.05, 0.1) is 0 Å². The van der Waals surface area contributed by atoms with Gasteiger partial charge in [-0.25, -0.2) is 4.79 Å². The van der Waals surface area contributed by atoms with Crippen LogP contribution in [0, 0.1) is 23.7 Å². The fourth-order valence-corrected chi connectivity index (χ4v) is 3.50. The van der Waals surface area contributed by atoms with Gasteiger partial charge in [-0.15, -0.1) is 0 Å². The first-order valence-electron chi connectivity index (χ1n) is 11.0. The lowest BCUT2D eigenvalue weighted by Gasteiger charge is -2.37. The zero-order chi connectivity index (χ0) is 24.0. The van der Waals surface area contributed by atoms with E-state index in [4.69, 9.17) is 9.47 Å². The van der Waals surface area contributed by atoms with Gasteiger partial charge < -0.3 is 20.1 Å². The molecule has 1 heterocycles. The van der Waals surface area contributed by atoms with Crippen LogP contribution in [0.2, 0.25) is 0 Å². The molecule has 0 aromatic heterocycles. The minimum Gasteiger partial charge on any atom is -0.459 e. The smallest absolute Gasteiger partial charge is 0.329 e. The summed E-state index contributed by atoms with van der Waals surface area (Å²) in [5, 5.41) is 5.41. The lowest BCUT2D eigenvalue weighted by Crippen LogP contribution is -2.61. The van der Waals surface area contributed by atoms with Crippen LogP contribution in [-0.4, -0.2) is 41.9 Å². The quantitative estimate of drug-likeness (QED) is 0.533. The molecule has 2 amide bonds. The monoisotopic (exact) mass is 446 g/mol. The number of amides is 2. The second-order valence-electron chi connectivity index (χ2n) is 9.18. The van der Waals surface area contributed by atoms with Crippen molar-refractivity contribution in [1.82, 2.24) is 10.6 Å². The van der Waals surface area contributed by atoms with Gasteiger partial charge in [0, 0.05) is 0 Å². The summed E-state index contributed by atoms with van der Waals surface area (Å²) in [4.78, 5) is 50.0. The fraction of sp³-hybridized carbons (Fsp3) is 0.583. The number of hydrogen-bond acceptors (Lipinski definition) is 6. The summed E-state index contributed by atoms with van der Waals surface area (Å²) in [5.74, 6) is -3.00. The molecule has 176 valence electrons. The van der Waals surface area contributed by atoms with E-state index in [-0.39, 0.29) is 24.4 Å². The van der Waals surface area contributed by atoms with Crippen molar-refractivity contribution in [3.63, 3.8) is 0 Å². The molecule has 2 rings (SSSR count). The highest BCUT2D eigenvalue weighted by molar-refractivity contribution is 5.97. The third kappa shape index (κ3) is 6.31. The van der Waals surface area contributed by atoms with Gasteiger partial charge in [-0.05, 0) is 23.3 Å². The summed E-state index contributed by atoms with van der Waals surface area (Å²) >= 11 is 0. The maximum Gasteiger partial charge on any atom is 0.329 e. The van der Waals surface area contributed by atoms with Crippen molar-refractivity contribution < 1.29 is 28.7 Å². The summed E-state index contributed by atoms with van der Waals surface area (Å²) in [6.45, 7) is 11.0. The van der Waals surface area contributed by atoms with Gasteiger partial charge in [-0.1, -0.05) is 71.9 Å². The van der Waals surface area contributed by atoms with Crippen LogP contribution in [0.4, 0.5) is 0 Å². The number of rotatable bonds is 10. The van der Waals surface area contributed by atoms with Gasteiger partial charge in [0.2, 0.25) is 5.91 Å². The largest absolute Gasteiger partial charge is 0.459 e. The van der Waals surface area contributed by atoms with Gasteiger partial charge in [0.1, 0.15) is 24.6 Å². The molecule has 0 aliphatic carbocycles. The van der Waals surface area contributed by atoms with E-state index in [2.05, 4.69) is 10.6 Å². The van der Waals surface area contributed by atoms with Crippen LogP contribution in [0.3, 0.4) is 0 Å². The molecule has 8 nitrogen and oxygen atoms in total. The third-order valence-corrected chi connectivity index (χ3v) is 5.51. The number of carbonyl (C=O) groups is 4. The number of nitrogens with one attached hydrogen (secondary N) is 2. The molecule has 4 atom stereocenters. The first kappa shape index (κ1) is 25.4. The highest BCUT2D eigenvalue weighted by Crippen LogP contribution is 2.29. The first-order valence-corrected chi connectivity index (χ1v) is 11.0. The van der Waals surface area contributed by atoms with Crippen molar-refractivity contribution >= 4 is 23.8 Å². The summed E-state index contributed by atoms with van der Waals surface area (Å²) in [7, 11) is 0. The van der Waals surface area contributed by atoms with E-state index in [1.165, 1.54) is 0 Å². The molecule has 0 bridgehead atoms. The SMILES string of the molecule is CC(C)C(NC(=O)C1OC(=O)C1C(C)C)C(=O)NC(C(=O)OCc1ccccc1)C(C)C. The summed E-state index contributed by atoms with van der Waals surface area (Å²) in [6.07, 6.45) is -0.909. The molecule has 4 unspecified atom stereocenters. The molecule has 0 radical (unpaired) electrons. The van der Waals surface area contributed by atoms with E-state index >= 15 is 0 Å². The number of esters is 2. The van der Waals surface area contributed by atoms with Gasteiger partial charge in [0.15, 0.2) is 6.10 Å². The Hall–Kier alpha value is -2.90. The lowest BCUT2D eigenvalue weighted by atomic mass is 9.85. The molecule has 1 aliphatic rings. The highest BCUT2D eigenvalue weighted by atomic mass is 16.6. The van der Waals surface area contributed by atoms with E-state index in [1.54, 1.807) is 27.7 Å². The molecular formula is C24H34N2O6. The number of carbonyl (C=O) groups excluding carboxylic acids is 4.